The number of hydrogen-bond acceptors (Lipinski definition) is 5. The number of nitrogens with zero attached hydrogens (tertiary/aromatic N) is 3. The van der Waals surface area contributed by atoms with Gasteiger partial charge in [-0.05, 0) is 31.9 Å². The summed E-state index contributed by atoms with van der Waals surface area (Å²) in [5, 5.41) is 10.8. The molecule has 1 aliphatic heterocycles. The van der Waals surface area contributed by atoms with Crippen molar-refractivity contribution in [2.24, 2.45) is 0 Å². The molecule has 1 fully saturated rings. The maximum Gasteiger partial charge on any atom is 0.387 e. The smallest absolute Gasteiger partial charge is 0.378 e. The van der Waals surface area contributed by atoms with Crippen LogP contribution >= 0.6 is 15.9 Å². The highest BCUT2D eigenvalue weighted by molar-refractivity contribution is 9.10. The zero-order chi connectivity index (χ0) is 11.7. The van der Waals surface area contributed by atoms with Crippen LogP contribution in [-0.4, -0.2) is 36.2 Å². The first-order valence-electron chi connectivity index (χ1n) is 4.69. The van der Waals surface area contributed by atoms with E-state index in [0.717, 1.165) is 4.47 Å². The molecule has 0 spiro atoms. The van der Waals surface area contributed by atoms with Crippen LogP contribution in [0, 0.1) is 10.1 Å². The van der Waals surface area contributed by atoms with Gasteiger partial charge in [-0.3, -0.25) is 0 Å². The Morgan fingerprint density at radius 1 is 1.69 bits per heavy atom. The van der Waals surface area contributed by atoms with E-state index >= 15 is 0 Å². The van der Waals surface area contributed by atoms with E-state index in [4.69, 9.17) is 4.74 Å². The van der Waals surface area contributed by atoms with E-state index in [9.17, 15) is 10.1 Å². The van der Waals surface area contributed by atoms with E-state index in [2.05, 4.69) is 20.9 Å². The molecule has 6 nitrogen and oxygen atoms in total. The molecular weight excluding hydrogens is 278 g/mol. The minimum absolute atomic E-state index is 0.113. The lowest BCUT2D eigenvalue weighted by Crippen LogP contribution is -2.52. The minimum Gasteiger partial charge on any atom is -0.378 e. The van der Waals surface area contributed by atoms with Crippen molar-refractivity contribution in [3.8, 4) is 0 Å². The van der Waals surface area contributed by atoms with Gasteiger partial charge < -0.3 is 19.8 Å². The molecule has 0 amide bonds. The second-order valence-corrected chi connectivity index (χ2v) is 4.43. The van der Waals surface area contributed by atoms with E-state index in [1.807, 2.05) is 4.90 Å². The molecule has 1 aromatic heterocycles. The molecule has 0 saturated carbocycles. The first kappa shape index (κ1) is 11.3. The summed E-state index contributed by atoms with van der Waals surface area (Å²) < 4.78 is 5.86. The Bertz CT molecular complexity index is 420. The van der Waals surface area contributed by atoms with Gasteiger partial charge in [-0.2, -0.15) is 0 Å². The van der Waals surface area contributed by atoms with Gasteiger partial charge in [0.05, 0.1) is 10.6 Å². The topological polar surface area (TPSA) is 68.5 Å². The number of halogens is 1. The van der Waals surface area contributed by atoms with Gasteiger partial charge in [-0.25, -0.2) is 0 Å². The van der Waals surface area contributed by atoms with Gasteiger partial charge in [0.2, 0.25) is 0 Å². The van der Waals surface area contributed by atoms with Crippen LogP contribution in [0.1, 0.15) is 0 Å². The molecule has 1 aliphatic rings. The highest BCUT2D eigenvalue weighted by atomic mass is 79.9. The SMILES string of the molecule is COC1CN(c2cc(Br)cnc2[N+](=O)[O-])C1. The highest BCUT2D eigenvalue weighted by Crippen LogP contribution is 2.32. The van der Waals surface area contributed by atoms with Crippen molar-refractivity contribution in [3.05, 3.63) is 26.9 Å². The van der Waals surface area contributed by atoms with Crippen LogP contribution in [0.3, 0.4) is 0 Å². The van der Waals surface area contributed by atoms with Crippen molar-refractivity contribution in [1.82, 2.24) is 4.98 Å². The van der Waals surface area contributed by atoms with Gasteiger partial charge in [-0.1, -0.05) is 0 Å². The molecule has 2 heterocycles. The fourth-order valence-corrected chi connectivity index (χ4v) is 1.90. The average Bonchev–Trinajstić information content (AvgIpc) is 2.15. The summed E-state index contributed by atoms with van der Waals surface area (Å²) in [5.41, 5.74) is 0.535. The molecule has 0 N–H and O–H groups in total. The third kappa shape index (κ3) is 2.00. The van der Waals surface area contributed by atoms with Gasteiger partial charge in [0.15, 0.2) is 6.20 Å². The lowest BCUT2D eigenvalue weighted by atomic mass is 10.1. The van der Waals surface area contributed by atoms with Crippen LogP contribution in [0.2, 0.25) is 0 Å². The summed E-state index contributed by atoms with van der Waals surface area (Å²) in [7, 11) is 1.63. The van der Waals surface area contributed by atoms with Crippen LogP contribution in [0.25, 0.3) is 0 Å². The first-order valence-corrected chi connectivity index (χ1v) is 5.49. The largest absolute Gasteiger partial charge is 0.387 e. The van der Waals surface area contributed by atoms with Crippen molar-refractivity contribution >= 4 is 27.4 Å². The zero-order valence-electron chi connectivity index (χ0n) is 8.59. The quantitative estimate of drug-likeness (QED) is 0.624. The van der Waals surface area contributed by atoms with Gasteiger partial charge in [0.25, 0.3) is 0 Å². The molecule has 0 aliphatic carbocycles. The molecule has 1 aromatic rings. The number of methoxy groups -OCH3 is 1. The molecule has 86 valence electrons. The van der Waals surface area contributed by atoms with E-state index < -0.39 is 4.92 Å². The van der Waals surface area contributed by atoms with Crippen LogP contribution in [0.5, 0.6) is 0 Å². The predicted molar refractivity (Wildman–Crippen MR) is 61.6 cm³/mol. The summed E-state index contributed by atoms with van der Waals surface area (Å²) in [6.45, 7) is 1.32. The molecular formula is C9H10BrN3O3. The Hall–Kier alpha value is -1.21. The van der Waals surface area contributed by atoms with Gasteiger partial charge in [0.1, 0.15) is 5.69 Å². The number of aromatic nitrogens is 1. The maximum atomic E-state index is 10.8. The van der Waals surface area contributed by atoms with Crippen molar-refractivity contribution < 1.29 is 9.66 Å². The number of pyridine rings is 1. The lowest BCUT2D eigenvalue weighted by Gasteiger charge is -2.39. The van der Waals surface area contributed by atoms with Crippen LogP contribution in [0.15, 0.2) is 16.7 Å². The van der Waals surface area contributed by atoms with Crippen LogP contribution in [0.4, 0.5) is 11.5 Å². The van der Waals surface area contributed by atoms with Gasteiger partial charge in [0, 0.05) is 20.2 Å². The number of nitro groups is 1. The summed E-state index contributed by atoms with van der Waals surface area (Å²) in [5.74, 6) is -0.113. The number of hydrogen-bond donors (Lipinski definition) is 0. The fraction of sp³-hybridized carbons (Fsp3) is 0.444. The van der Waals surface area contributed by atoms with E-state index in [-0.39, 0.29) is 11.9 Å². The fourth-order valence-electron chi connectivity index (χ4n) is 1.58. The lowest BCUT2D eigenvalue weighted by molar-refractivity contribution is -0.388. The van der Waals surface area contributed by atoms with E-state index in [1.165, 1.54) is 6.20 Å². The number of ether oxygens (including phenoxy) is 1. The molecule has 2 rings (SSSR count). The van der Waals surface area contributed by atoms with Gasteiger partial charge in [-0.15, -0.1) is 0 Å². The Labute approximate surface area is 100 Å². The Balaban J connectivity index is 2.25. The molecule has 16 heavy (non-hydrogen) atoms. The van der Waals surface area contributed by atoms with Crippen molar-refractivity contribution in [2.75, 3.05) is 25.1 Å². The molecule has 7 heteroatoms. The predicted octanol–water partition coefficient (Wildman–Crippen LogP) is 1.59. The summed E-state index contributed by atoms with van der Waals surface area (Å²) in [6.07, 6.45) is 1.58. The second-order valence-electron chi connectivity index (χ2n) is 3.52. The third-order valence-electron chi connectivity index (χ3n) is 2.51. The van der Waals surface area contributed by atoms with Gasteiger partial charge >= 0.3 is 5.82 Å². The first-order chi connectivity index (χ1) is 7.61. The molecule has 1 saturated heterocycles. The Morgan fingerprint density at radius 3 is 2.94 bits per heavy atom. The Kier molecular flexibility index (Phi) is 3.06. The zero-order valence-corrected chi connectivity index (χ0v) is 10.2. The minimum atomic E-state index is -0.470. The average molecular weight is 288 g/mol. The van der Waals surface area contributed by atoms with Crippen molar-refractivity contribution in [3.63, 3.8) is 0 Å². The summed E-state index contributed by atoms with van der Waals surface area (Å²) >= 11 is 3.26. The van der Waals surface area contributed by atoms with Crippen LogP contribution < -0.4 is 4.90 Å². The summed E-state index contributed by atoms with van der Waals surface area (Å²) in [4.78, 5) is 16.0. The van der Waals surface area contributed by atoms with Crippen molar-refractivity contribution in [2.45, 2.75) is 6.10 Å². The standard InChI is InChI=1S/C9H10BrN3O3/c1-16-7-4-12(5-7)8-2-6(10)3-11-9(8)13(14)15/h2-3,7H,4-5H2,1H3. The number of anilines is 1. The van der Waals surface area contributed by atoms with Crippen molar-refractivity contribution in [1.29, 1.82) is 0 Å². The Morgan fingerprint density at radius 2 is 2.38 bits per heavy atom. The second kappa shape index (κ2) is 4.34. The summed E-state index contributed by atoms with van der Waals surface area (Å²) in [6, 6.07) is 1.71. The molecule has 0 radical (unpaired) electrons. The number of rotatable bonds is 3. The van der Waals surface area contributed by atoms with Crippen LogP contribution in [-0.2, 0) is 4.74 Å². The normalized spacial score (nSPS) is 16.0. The molecule has 0 aromatic carbocycles. The third-order valence-corrected chi connectivity index (χ3v) is 2.94. The monoisotopic (exact) mass is 287 g/mol. The molecule has 0 bridgehead atoms. The maximum absolute atomic E-state index is 10.8. The highest BCUT2D eigenvalue weighted by Gasteiger charge is 2.32. The molecule has 0 unspecified atom stereocenters. The molecule has 0 atom stereocenters. The van der Waals surface area contributed by atoms with E-state index in [0.29, 0.717) is 18.8 Å². The van der Waals surface area contributed by atoms with E-state index in [1.54, 1.807) is 13.2 Å².